The molecular formula is C12H21NO3. The number of carbonyl (C=O) groups excluding carboxylic acids is 1. The van der Waals surface area contributed by atoms with Crippen LogP contribution in [0.15, 0.2) is 0 Å². The van der Waals surface area contributed by atoms with E-state index in [1.165, 1.54) is 0 Å². The molecule has 0 aromatic rings. The van der Waals surface area contributed by atoms with E-state index in [1.54, 1.807) is 6.92 Å². The summed E-state index contributed by atoms with van der Waals surface area (Å²) in [5, 5.41) is 11.5. The first-order chi connectivity index (χ1) is 7.34. The van der Waals surface area contributed by atoms with Gasteiger partial charge in [0, 0.05) is 12.5 Å². The summed E-state index contributed by atoms with van der Waals surface area (Å²) in [4.78, 5) is 22.5. The number of hydrogen-bond acceptors (Lipinski definition) is 2. The maximum absolute atomic E-state index is 11.9. The van der Waals surface area contributed by atoms with Crippen LogP contribution in [-0.2, 0) is 9.59 Å². The zero-order valence-electron chi connectivity index (χ0n) is 10.2. The summed E-state index contributed by atoms with van der Waals surface area (Å²) in [6, 6.07) is 0. The van der Waals surface area contributed by atoms with Crippen LogP contribution in [0.1, 0.15) is 40.0 Å². The van der Waals surface area contributed by atoms with Crippen molar-refractivity contribution >= 4 is 11.9 Å². The van der Waals surface area contributed by atoms with Gasteiger partial charge >= 0.3 is 5.97 Å². The lowest BCUT2D eigenvalue weighted by molar-refractivity contribution is -0.141. The Morgan fingerprint density at radius 1 is 1.50 bits per heavy atom. The molecule has 1 saturated carbocycles. The van der Waals surface area contributed by atoms with Crippen LogP contribution < -0.4 is 5.32 Å². The maximum Gasteiger partial charge on any atom is 0.308 e. The van der Waals surface area contributed by atoms with E-state index in [9.17, 15) is 9.59 Å². The SMILES string of the molecule is CC(CNC(=O)C1CCCC1(C)C)C(=O)O. The second-order valence-electron chi connectivity index (χ2n) is 5.42. The topological polar surface area (TPSA) is 66.4 Å². The van der Waals surface area contributed by atoms with Gasteiger partial charge in [0.25, 0.3) is 0 Å². The van der Waals surface area contributed by atoms with Gasteiger partial charge in [0.05, 0.1) is 5.92 Å². The molecule has 0 aliphatic heterocycles. The Morgan fingerprint density at radius 3 is 2.56 bits per heavy atom. The Bertz CT molecular complexity index is 286. The van der Waals surface area contributed by atoms with Gasteiger partial charge in [-0.1, -0.05) is 27.2 Å². The Labute approximate surface area is 96.4 Å². The van der Waals surface area contributed by atoms with Gasteiger partial charge in [-0.3, -0.25) is 9.59 Å². The summed E-state index contributed by atoms with van der Waals surface area (Å²) in [5.41, 5.74) is 0.0521. The van der Waals surface area contributed by atoms with Crippen LogP contribution in [0, 0.1) is 17.3 Å². The van der Waals surface area contributed by atoms with Crippen LogP contribution in [0.25, 0.3) is 0 Å². The van der Waals surface area contributed by atoms with Crippen molar-refractivity contribution in [1.29, 1.82) is 0 Å². The predicted octanol–water partition coefficient (Wildman–Crippen LogP) is 1.65. The third-order valence-corrected chi connectivity index (χ3v) is 3.58. The zero-order valence-corrected chi connectivity index (χ0v) is 10.2. The van der Waals surface area contributed by atoms with E-state index in [4.69, 9.17) is 5.11 Å². The van der Waals surface area contributed by atoms with E-state index in [0.29, 0.717) is 0 Å². The molecular weight excluding hydrogens is 206 g/mol. The number of carboxylic acids is 1. The van der Waals surface area contributed by atoms with Crippen molar-refractivity contribution in [2.45, 2.75) is 40.0 Å². The minimum absolute atomic E-state index is 0.00981. The second-order valence-corrected chi connectivity index (χ2v) is 5.42. The van der Waals surface area contributed by atoms with E-state index >= 15 is 0 Å². The average Bonchev–Trinajstić information content (AvgIpc) is 2.53. The largest absolute Gasteiger partial charge is 0.481 e. The molecule has 4 nitrogen and oxygen atoms in total. The van der Waals surface area contributed by atoms with Crippen molar-refractivity contribution in [1.82, 2.24) is 5.32 Å². The van der Waals surface area contributed by atoms with Crippen LogP contribution in [0.5, 0.6) is 0 Å². The second kappa shape index (κ2) is 4.85. The van der Waals surface area contributed by atoms with Crippen LogP contribution in [0.4, 0.5) is 0 Å². The molecule has 1 fully saturated rings. The normalized spacial score (nSPS) is 25.1. The first-order valence-corrected chi connectivity index (χ1v) is 5.85. The molecule has 0 saturated heterocycles. The molecule has 4 heteroatoms. The molecule has 16 heavy (non-hydrogen) atoms. The Balaban J connectivity index is 2.44. The molecule has 0 aromatic heterocycles. The molecule has 2 N–H and O–H groups in total. The van der Waals surface area contributed by atoms with Crippen molar-refractivity contribution in [2.24, 2.45) is 17.3 Å². The molecule has 92 valence electrons. The average molecular weight is 227 g/mol. The van der Waals surface area contributed by atoms with Crippen molar-refractivity contribution in [2.75, 3.05) is 6.54 Å². The molecule has 0 aromatic carbocycles. The quantitative estimate of drug-likeness (QED) is 0.767. The van der Waals surface area contributed by atoms with Gasteiger partial charge in [0.2, 0.25) is 5.91 Å². The number of hydrogen-bond donors (Lipinski definition) is 2. The van der Waals surface area contributed by atoms with Gasteiger partial charge in [0.15, 0.2) is 0 Å². The lowest BCUT2D eigenvalue weighted by atomic mass is 9.81. The van der Waals surface area contributed by atoms with Crippen LogP contribution >= 0.6 is 0 Å². The summed E-state index contributed by atoms with van der Waals surface area (Å²) in [6.45, 7) is 6.03. The number of carbonyl (C=O) groups is 2. The van der Waals surface area contributed by atoms with Gasteiger partial charge < -0.3 is 10.4 Å². The minimum Gasteiger partial charge on any atom is -0.481 e. The fraction of sp³-hybridized carbons (Fsp3) is 0.833. The summed E-state index contributed by atoms with van der Waals surface area (Å²) in [7, 11) is 0. The van der Waals surface area contributed by atoms with Gasteiger partial charge in [-0.2, -0.15) is 0 Å². The Hall–Kier alpha value is -1.06. The van der Waals surface area contributed by atoms with E-state index < -0.39 is 11.9 Å². The number of amides is 1. The molecule has 0 bridgehead atoms. The van der Waals surface area contributed by atoms with Gasteiger partial charge in [-0.25, -0.2) is 0 Å². The molecule has 1 amide bonds. The lowest BCUT2D eigenvalue weighted by Crippen LogP contribution is -2.39. The Kier molecular flexibility index (Phi) is 3.94. The van der Waals surface area contributed by atoms with Crippen molar-refractivity contribution in [3.63, 3.8) is 0 Å². The summed E-state index contributed by atoms with van der Waals surface area (Å²) >= 11 is 0. The highest BCUT2D eigenvalue weighted by Gasteiger charge is 2.39. The minimum atomic E-state index is -0.869. The number of carboxylic acid groups (broad SMARTS) is 1. The maximum atomic E-state index is 11.9. The lowest BCUT2D eigenvalue weighted by Gasteiger charge is -2.26. The van der Waals surface area contributed by atoms with Gasteiger partial charge in [-0.05, 0) is 18.3 Å². The molecule has 0 heterocycles. The molecule has 0 spiro atoms. The van der Waals surface area contributed by atoms with E-state index in [1.807, 2.05) is 0 Å². The smallest absolute Gasteiger partial charge is 0.308 e. The van der Waals surface area contributed by atoms with E-state index in [2.05, 4.69) is 19.2 Å². The van der Waals surface area contributed by atoms with Crippen molar-refractivity contribution < 1.29 is 14.7 Å². The molecule has 0 radical (unpaired) electrons. The molecule has 2 atom stereocenters. The molecule has 1 rings (SSSR count). The number of aliphatic carboxylic acids is 1. The fourth-order valence-corrected chi connectivity index (χ4v) is 2.28. The van der Waals surface area contributed by atoms with Crippen LogP contribution in [0.3, 0.4) is 0 Å². The number of rotatable bonds is 4. The highest BCUT2D eigenvalue weighted by atomic mass is 16.4. The van der Waals surface area contributed by atoms with Crippen molar-refractivity contribution in [3.8, 4) is 0 Å². The molecule has 1 aliphatic rings. The first-order valence-electron chi connectivity index (χ1n) is 5.85. The summed E-state index contributed by atoms with van der Waals surface area (Å²) < 4.78 is 0. The van der Waals surface area contributed by atoms with E-state index in [-0.39, 0.29) is 23.8 Å². The molecule has 2 unspecified atom stereocenters. The van der Waals surface area contributed by atoms with Crippen LogP contribution in [0.2, 0.25) is 0 Å². The fourth-order valence-electron chi connectivity index (χ4n) is 2.28. The number of nitrogens with one attached hydrogen (secondary N) is 1. The van der Waals surface area contributed by atoms with Gasteiger partial charge in [-0.15, -0.1) is 0 Å². The van der Waals surface area contributed by atoms with Crippen molar-refractivity contribution in [3.05, 3.63) is 0 Å². The third kappa shape index (κ3) is 2.97. The third-order valence-electron chi connectivity index (χ3n) is 3.58. The summed E-state index contributed by atoms with van der Waals surface area (Å²) in [6.07, 6.45) is 3.07. The summed E-state index contributed by atoms with van der Waals surface area (Å²) in [5.74, 6) is -1.34. The Morgan fingerprint density at radius 2 is 2.12 bits per heavy atom. The first kappa shape index (κ1) is 13.0. The molecule has 1 aliphatic carbocycles. The predicted molar refractivity (Wildman–Crippen MR) is 60.9 cm³/mol. The van der Waals surface area contributed by atoms with Gasteiger partial charge in [0.1, 0.15) is 0 Å². The van der Waals surface area contributed by atoms with E-state index in [0.717, 1.165) is 19.3 Å². The standard InChI is InChI=1S/C12H21NO3/c1-8(11(15)16)7-13-10(14)9-5-4-6-12(9,2)3/h8-9H,4-7H2,1-3H3,(H,13,14)(H,15,16). The highest BCUT2D eigenvalue weighted by Crippen LogP contribution is 2.42. The monoisotopic (exact) mass is 227 g/mol. The highest BCUT2D eigenvalue weighted by molar-refractivity contribution is 5.80. The van der Waals surface area contributed by atoms with Crippen LogP contribution in [-0.4, -0.2) is 23.5 Å². The zero-order chi connectivity index (χ0) is 12.3.